The van der Waals surface area contributed by atoms with E-state index in [-0.39, 0.29) is 11.9 Å². The Morgan fingerprint density at radius 3 is 1.32 bits per heavy atom. The van der Waals surface area contributed by atoms with E-state index in [4.69, 9.17) is 33.9 Å². The zero-order chi connectivity index (χ0) is 20.5. The number of benzene rings is 2. The number of carbonyl (C=O) groups excluding carboxylic acids is 2. The molecule has 2 aromatic carbocycles. The molecule has 0 radical (unpaired) electrons. The average molecular weight is 417 g/mol. The SMILES string of the molecule is CCOC(=O)c1ccc(NC(=S)C(=S)Nc2ccc(C(=O)OCC)cc2)cc1. The fourth-order valence-electron chi connectivity index (χ4n) is 2.18. The van der Waals surface area contributed by atoms with Crippen LogP contribution in [0.5, 0.6) is 0 Å². The standard InChI is InChI=1S/C20H20N2O4S2/c1-3-25-19(23)13-5-9-15(10-6-13)21-17(27)18(28)22-16-11-7-14(8-12-16)20(24)26-4-2/h5-12H,3-4H2,1-2H3,(H,21,27)(H,22,28). The van der Waals surface area contributed by atoms with E-state index < -0.39 is 0 Å². The molecule has 2 aromatic rings. The minimum atomic E-state index is -0.375. The Morgan fingerprint density at radius 2 is 1.04 bits per heavy atom. The van der Waals surface area contributed by atoms with E-state index in [0.717, 1.165) is 0 Å². The first-order chi connectivity index (χ1) is 13.4. The average Bonchev–Trinajstić information content (AvgIpc) is 2.69. The van der Waals surface area contributed by atoms with Gasteiger partial charge in [0.05, 0.1) is 24.3 Å². The van der Waals surface area contributed by atoms with E-state index in [1.807, 2.05) is 0 Å². The molecule has 0 amide bonds. The molecule has 8 heteroatoms. The molecule has 146 valence electrons. The van der Waals surface area contributed by atoms with Crippen LogP contribution in [0.15, 0.2) is 48.5 Å². The van der Waals surface area contributed by atoms with Crippen LogP contribution in [0.4, 0.5) is 11.4 Å². The fraction of sp³-hybridized carbons (Fsp3) is 0.200. The van der Waals surface area contributed by atoms with Crippen LogP contribution in [-0.2, 0) is 9.47 Å². The Balaban J connectivity index is 1.93. The minimum absolute atomic E-state index is 0.323. The maximum atomic E-state index is 11.7. The first kappa shape index (κ1) is 21.5. The Morgan fingerprint density at radius 1 is 0.714 bits per heavy atom. The van der Waals surface area contributed by atoms with Crippen molar-refractivity contribution < 1.29 is 19.1 Å². The molecule has 0 unspecified atom stereocenters. The van der Waals surface area contributed by atoms with E-state index in [1.165, 1.54) is 0 Å². The number of thiocarbonyl (C=S) groups is 2. The van der Waals surface area contributed by atoms with Gasteiger partial charge in [0.2, 0.25) is 0 Å². The number of hydrogen-bond acceptors (Lipinski definition) is 6. The van der Waals surface area contributed by atoms with E-state index in [2.05, 4.69) is 10.6 Å². The lowest BCUT2D eigenvalue weighted by atomic mass is 10.2. The van der Waals surface area contributed by atoms with Crippen molar-refractivity contribution in [2.75, 3.05) is 23.8 Å². The topological polar surface area (TPSA) is 76.7 Å². The molecule has 0 saturated heterocycles. The van der Waals surface area contributed by atoms with Crippen molar-refractivity contribution in [3.8, 4) is 0 Å². The molecule has 6 nitrogen and oxygen atoms in total. The summed E-state index contributed by atoms with van der Waals surface area (Å²) >= 11 is 10.6. The zero-order valence-electron chi connectivity index (χ0n) is 15.5. The molecular weight excluding hydrogens is 396 g/mol. The predicted molar refractivity (Wildman–Crippen MR) is 117 cm³/mol. The maximum Gasteiger partial charge on any atom is 0.338 e. The Labute approximate surface area is 174 Å². The number of esters is 2. The van der Waals surface area contributed by atoms with Crippen LogP contribution in [0.1, 0.15) is 34.6 Å². The number of ether oxygens (including phenoxy) is 2. The molecule has 28 heavy (non-hydrogen) atoms. The van der Waals surface area contributed by atoms with Crippen molar-refractivity contribution in [1.82, 2.24) is 0 Å². The number of anilines is 2. The summed E-state index contributed by atoms with van der Waals surface area (Å²) in [4.78, 5) is 24.0. The highest BCUT2D eigenvalue weighted by Gasteiger charge is 2.10. The zero-order valence-corrected chi connectivity index (χ0v) is 17.1. The van der Waals surface area contributed by atoms with Crippen LogP contribution >= 0.6 is 24.4 Å². The van der Waals surface area contributed by atoms with E-state index in [9.17, 15) is 9.59 Å². The van der Waals surface area contributed by atoms with E-state index >= 15 is 0 Å². The summed E-state index contributed by atoms with van der Waals surface area (Å²) in [5, 5.41) is 6.02. The molecular formula is C20H20N2O4S2. The second-order valence-corrected chi connectivity index (χ2v) is 6.32. The van der Waals surface area contributed by atoms with Crippen molar-refractivity contribution in [2.24, 2.45) is 0 Å². The summed E-state index contributed by atoms with van der Waals surface area (Å²) in [6.45, 7) is 4.16. The molecule has 0 aliphatic rings. The Bertz CT molecular complexity index is 791. The van der Waals surface area contributed by atoms with Gasteiger partial charge in [0.1, 0.15) is 9.98 Å². The highest BCUT2D eigenvalue weighted by atomic mass is 32.1. The van der Waals surface area contributed by atoms with Crippen LogP contribution < -0.4 is 10.6 Å². The van der Waals surface area contributed by atoms with Gasteiger partial charge in [0.25, 0.3) is 0 Å². The van der Waals surface area contributed by atoms with E-state index in [1.54, 1.807) is 62.4 Å². The molecule has 0 bridgehead atoms. The first-order valence-corrected chi connectivity index (χ1v) is 9.43. The molecule has 2 rings (SSSR count). The lowest BCUT2D eigenvalue weighted by Crippen LogP contribution is -2.25. The third kappa shape index (κ3) is 6.11. The number of carbonyl (C=O) groups is 2. The lowest BCUT2D eigenvalue weighted by Gasteiger charge is -2.12. The van der Waals surface area contributed by atoms with Gasteiger partial charge in [0.15, 0.2) is 0 Å². The maximum absolute atomic E-state index is 11.7. The van der Waals surface area contributed by atoms with Gasteiger partial charge in [-0.3, -0.25) is 0 Å². The van der Waals surface area contributed by atoms with Crippen LogP contribution in [0, 0.1) is 0 Å². The Kier molecular flexibility index (Phi) is 8.03. The number of nitrogens with one attached hydrogen (secondary N) is 2. The molecule has 0 heterocycles. The van der Waals surface area contributed by atoms with Crippen molar-refractivity contribution in [3.05, 3.63) is 59.7 Å². The van der Waals surface area contributed by atoms with Crippen molar-refractivity contribution in [3.63, 3.8) is 0 Å². The second-order valence-electron chi connectivity index (χ2n) is 5.50. The normalized spacial score (nSPS) is 9.93. The first-order valence-electron chi connectivity index (χ1n) is 8.61. The quantitative estimate of drug-likeness (QED) is 0.535. The van der Waals surface area contributed by atoms with Crippen molar-refractivity contribution >= 4 is 57.7 Å². The van der Waals surface area contributed by atoms with Crippen LogP contribution in [0.3, 0.4) is 0 Å². The minimum Gasteiger partial charge on any atom is -0.462 e. The third-order valence-corrected chi connectivity index (χ3v) is 4.26. The highest BCUT2D eigenvalue weighted by molar-refractivity contribution is 7.89. The number of rotatable bonds is 6. The van der Waals surface area contributed by atoms with Crippen LogP contribution in [-0.4, -0.2) is 35.1 Å². The van der Waals surface area contributed by atoms with Crippen LogP contribution in [0.2, 0.25) is 0 Å². The molecule has 0 fully saturated rings. The monoisotopic (exact) mass is 416 g/mol. The molecule has 0 aliphatic heterocycles. The summed E-state index contributed by atoms with van der Waals surface area (Å²) in [7, 11) is 0. The molecule has 0 aromatic heterocycles. The molecule has 0 aliphatic carbocycles. The smallest absolute Gasteiger partial charge is 0.338 e. The van der Waals surface area contributed by atoms with Gasteiger partial charge in [0, 0.05) is 11.4 Å². The summed E-state index contributed by atoms with van der Waals surface area (Å²) in [5.74, 6) is -0.750. The van der Waals surface area contributed by atoms with Gasteiger partial charge < -0.3 is 20.1 Å². The van der Waals surface area contributed by atoms with Gasteiger partial charge in [-0.2, -0.15) is 0 Å². The molecule has 2 N–H and O–H groups in total. The summed E-state index contributed by atoms with van der Waals surface area (Å²) < 4.78 is 9.89. The Hall–Kier alpha value is -2.84. The third-order valence-electron chi connectivity index (χ3n) is 3.51. The van der Waals surface area contributed by atoms with Gasteiger partial charge in [-0.05, 0) is 62.4 Å². The van der Waals surface area contributed by atoms with Crippen molar-refractivity contribution in [2.45, 2.75) is 13.8 Å². The van der Waals surface area contributed by atoms with Crippen LogP contribution in [0.25, 0.3) is 0 Å². The molecule has 0 spiro atoms. The summed E-state index contributed by atoms with van der Waals surface area (Å²) in [5.41, 5.74) is 2.31. The largest absolute Gasteiger partial charge is 0.462 e. The molecule has 0 atom stereocenters. The van der Waals surface area contributed by atoms with E-state index in [0.29, 0.717) is 45.7 Å². The second kappa shape index (κ2) is 10.5. The van der Waals surface area contributed by atoms with Crippen molar-refractivity contribution in [1.29, 1.82) is 0 Å². The van der Waals surface area contributed by atoms with Gasteiger partial charge in [-0.25, -0.2) is 9.59 Å². The number of hydrogen-bond donors (Lipinski definition) is 2. The molecule has 0 saturated carbocycles. The van der Waals surface area contributed by atoms with Gasteiger partial charge in [-0.15, -0.1) is 0 Å². The van der Waals surface area contributed by atoms with Gasteiger partial charge >= 0.3 is 11.9 Å². The fourth-order valence-corrected chi connectivity index (χ4v) is 2.52. The predicted octanol–water partition coefficient (Wildman–Crippen LogP) is 4.22. The van der Waals surface area contributed by atoms with Gasteiger partial charge in [-0.1, -0.05) is 24.4 Å². The highest BCUT2D eigenvalue weighted by Crippen LogP contribution is 2.13. The summed E-state index contributed by atoms with van der Waals surface area (Å²) in [6, 6.07) is 13.5. The lowest BCUT2D eigenvalue weighted by molar-refractivity contribution is 0.0517. The summed E-state index contributed by atoms with van der Waals surface area (Å²) in [6.07, 6.45) is 0.